The molecule has 7 heteroatoms. The molecule has 2 amide bonds. The van der Waals surface area contributed by atoms with Crippen LogP contribution in [0.5, 0.6) is 0 Å². The summed E-state index contributed by atoms with van der Waals surface area (Å²) in [6.07, 6.45) is 4.28. The minimum Gasteiger partial charge on any atom is -0.400 e. The summed E-state index contributed by atoms with van der Waals surface area (Å²) in [6, 6.07) is 9.82. The van der Waals surface area contributed by atoms with E-state index in [-0.39, 0.29) is 30.3 Å². The van der Waals surface area contributed by atoms with Crippen LogP contribution >= 0.6 is 0 Å². The largest absolute Gasteiger partial charge is 0.400 e. The second kappa shape index (κ2) is 13.0. The first-order valence-electron chi connectivity index (χ1n) is 9.15. The molecule has 1 saturated heterocycles. The number of carbonyl (C=O) groups is 3. The Morgan fingerprint density at radius 1 is 1.22 bits per heavy atom. The van der Waals surface area contributed by atoms with Crippen LogP contribution in [0.25, 0.3) is 0 Å². The van der Waals surface area contributed by atoms with Crippen LogP contribution in [0.15, 0.2) is 30.3 Å². The predicted octanol–water partition coefficient (Wildman–Crippen LogP) is 1.14. The van der Waals surface area contributed by atoms with Gasteiger partial charge < -0.3 is 24.9 Å². The first-order chi connectivity index (χ1) is 13.2. The molecule has 7 nitrogen and oxygen atoms in total. The van der Waals surface area contributed by atoms with Crippen LogP contribution in [0.2, 0.25) is 0 Å². The van der Waals surface area contributed by atoms with Crippen molar-refractivity contribution in [2.75, 3.05) is 27.3 Å². The fourth-order valence-corrected chi connectivity index (χ4v) is 2.74. The van der Waals surface area contributed by atoms with Gasteiger partial charge in [-0.15, -0.1) is 0 Å². The summed E-state index contributed by atoms with van der Waals surface area (Å²) >= 11 is 0. The molecule has 2 aliphatic rings. The van der Waals surface area contributed by atoms with Crippen LogP contribution in [0.1, 0.15) is 31.2 Å². The molecule has 2 fully saturated rings. The molecule has 0 bridgehead atoms. The van der Waals surface area contributed by atoms with Gasteiger partial charge in [0.1, 0.15) is 6.29 Å². The molecule has 1 heterocycles. The zero-order chi connectivity index (χ0) is 20.1. The zero-order valence-corrected chi connectivity index (χ0v) is 16.1. The molecule has 1 aromatic rings. The molecule has 2 N–H and O–H groups in total. The Morgan fingerprint density at radius 3 is 2.44 bits per heavy atom. The first-order valence-corrected chi connectivity index (χ1v) is 9.15. The van der Waals surface area contributed by atoms with E-state index in [0.29, 0.717) is 13.2 Å². The number of methoxy groups -OCH3 is 1. The van der Waals surface area contributed by atoms with Crippen LogP contribution in [0, 0.1) is 5.92 Å². The smallest absolute Gasteiger partial charge is 0.242 e. The van der Waals surface area contributed by atoms with Gasteiger partial charge in [0.25, 0.3) is 0 Å². The van der Waals surface area contributed by atoms with Crippen molar-refractivity contribution in [3.63, 3.8) is 0 Å². The number of aliphatic hydroxyl groups excluding tert-OH is 1. The maximum atomic E-state index is 11.7. The van der Waals surface area contributed by atoms with E-state index in [1.165, 1.54) is 5.56 Å². The van der Waals surface area contributed by atoms with Crippen LogP contribution in [-0.2, 0) is 25.7 Å². The highest BCUT2D eigenvalue weighted by Crippen LogP contribution is 2.28. The number of likely N-dealkylation sites (tertiary alicyclic amines) is 1. The fraction of sp³-hybridized carbons (Fsp3) is 0.550. The molecule has 1 aliphatic heterocycles. The van der Waals surface area contributed by atoms with Gasteiger partial charge in [-0.05, 0) is 31.2 Å². The average molecular weight is 378 g/mol. The van der Waals surface area contributed by atoms with Gasteiger partial charge in [0.15, 0.2) is 0 Å². The van der Waals surface area contributed by atoms with Gasteiger partial charge in [0, 0.05) is 26.7 Å². The van der Waals surface area contributed by atoms with E-state index in [2.05, 4.69) is 5.32 Å². The summed E-state index contributed by atoms with van der Waals surface area (Å²) in [5.74, 6) is -0.0629. The molecule has 3 rings (SSSR count). The third kappa shape index (κ3) is 8.32. The predicted molar refractivity (Wildman–Crippen MR) is 102 cm³/mol. The number of hydrogen-bond donors (Lipinski definition) is 2. The monoisotopic (exact) mass is 378 g/mol. The Balaban J connectivity index is 0.000000282. The summed E-state index contributed by atoms with van der Waals surface area (Å²) < 4.78 is 4.93. The van der Waals surface area contributed by atoms with Crippen molar-refractivity contribution < 1.29 is 24.2 Å². The third-order valence-electron chi connectivity index (χ3n) is 4.29. The highest BCUT2D eigenvalue weighted by atomic mass is 16.5. The highest BCUT2D eigenvalue weighted by Gasteiger charge is 2.31. The van der Waals surface area contributed by atoms with E-state index in [4.69, 9.17) is 9.84 Å². The number of nitrogens with one attached hydrogen (secondary N) is 1. The normalized spacial score (nSPS) is 17.7. The van der Waals surface area contributed by atoms with Gasteiger partial charge >= 0.3 is 0 Å². The van der Waals surface area contributed by atoms with Crippen molar-refractivity contribution >= 4 is 18.1 Å². The van der Waals surface area contributed by atoms with Crippen LogP contribution < -0.4 is 5.32 Å². The van der Waals surface area contributed by atoms with E-state index in [9.17, 15) is 14.4 Å². The van der Waals surface area contributed by atoms with Crippen LogP contribution in [0.3, 0.4) is 0 Å². The summed E-state index contributed by atoms with van der Waals surface area (Å²) in [5.41, 5.74) is 1.22. The van der Waals surface area contributed by atoms with Gasteiger partial charge in [0.05, 0.1) is 19.2 Å². The third-order valence-corrected chi connectivity index (χ3v) is 4.29. The second-order valence-corrected chi connectivity index (χ2v) is 6.34. The van der Waals surface area contributed by atoms with Crippen molar-refractivity contribution in [3.8, 4) is 0 Å². The summed E-state index contributed by atoms with van der Waals surface area (Å²) in [7, 11) is 2.70. The van der Waals surface area contributed by atoms with Crippen molar-refractivity contribution in [1.29, 1.82) is 0 Å². The second-order valence-electron chi connectivity index (χ2n) is 6.34. The summed E-state index contributed by atoms with van der Waals surface area (Å²) in [5, 5.41) is 9.62. The first kappa shape index (κ1) is 22.8. The SMILES string of the molecule is CO.COCc1ccccc1.O=CC1CCCN1C(=O)CNC(=O)C1CC1. The lowest BCUT2D eigenvalue weighted by Crippen LogP contribution is -2.43. The van der Waals surface area contributed by atoms with E-state index in [1.54, 1.807) is 12.0 Å². The number of amides is 2. The van der Waals surface area contributed by atoms with Crippen LogP contribution in [0.4, 0.5) is 0 Å². The van der Waals surface area contributed by atoms with E-state index in [1.807, 2.05) is 30.3 Å². The number of aliphatic hydroxyl groups is 1. The molecule has 0 radical (unpaired) electrons. The molecule has 0 aromatic heterocycles. The lowest BCUT2D eigenvalue weighted by Gasteiger charge is -2.20. The molecule has 27 heavy (non-hydrogen) atoms. The lowest BCUT2D eigenvalue weighted by atomic mass is 10.2. The lowest BCUT2D eigenvalue weighted by molar-refractivity contribution is -0.135. The standard InChI is InChI=1S/C11H16N2O3.C8H10O.CH4O/c14-7-9-2-1-5-13(9)10(15)6-12-11(16)8-3-4-8;1-9-7-8-5-3-2-4-6-8;1-2/h7-9H,1-6H2,(H,12,16);2-6H,7H2,1H3;2H,1H3. The number of nitrogens with zero attached hydrogens (tertiary/aromatic N) is 1. The summed E-state index contributed by atoms with van der Waals surface area (Å²) in [6.45, 7) is 1.36. The topological polar surface area (TPSA) is 95.9 Å². The Morgan fingerprint density at radius 2 is 1.89 bits per heavy atom. The van der Waals surface area contributed by atoms with Gasteiger partial charge in [-0.25, -0.2) is 0 Å². The molecule has 1 atom stereocenters. The number of benzene rings is 1. The zero-order valence-electron chi connectivity index (χ0n) is 16.1. The number of aldehydes is 1. The van der Waals surface area contributed by atoms with E-state index < -0.39 is 0 Å². The van der Waals surface area contributed by atoms with Crippen LogP contribution in [-0.4, -0.2) is 61.5 Å². The molecule has 1 aliphatic carbocycles. The van der Waals surface area contributed by atoms with Crippen molar-refractivity contribution in [1.82, 2.24) is 10.2 Å². The number of hydrogen-bond acceptors (Lipinski definition) is 5. The Hall–Kier alpha value is -2.25. The van der Waals surface area contributed by atoms with Crippen molar-refractivity contribution in [3.05, 3.63) is 35.9 Å². The minimum absolute atomic E-state index is 0.0275. The van der Waals surface area contributed by atoms with Gasteiger partial charge in [0.2, 0.25) is 11.8 Å². The molecule has 1 aromatic carbocycles. The van der Waals surface area contributed by atoms with Gasteiger partial charge in [-0.3, -0.25) is 9.59 Å². The fourth-order valence-electron chi connectivity index (χ4n) is 2.74. The van der Waals surface area contributed by atoms with Crippen molar-refractivity contribution in [2.24, 2.45) is 5.92 Å². The maximum Gasteiger partial charge on any atom is 0.242 e. The molecular formula is C20H30N2O5. The molecule has 0 spiro atoms. The number of ether oxygens (including phenoxy) is 1. The van der Waals surface area contributed by atoms with E-state index >= 15 is 0 Å². The Labute approximate surface area is 160 Å². The van der Waals surface area contributed by atoms with E-state index in [0.717, 1.165) is 39.1 Å². The number of carbonyl (C=O) groups excluding carboxylic acids is 3. The average Bonchev–Trinajstić information content (AvgIpc) is 3.46. The molecule has 1 saturated carbocycles. The quantitative estimate of drug-likeness (QED) is 0.724. The van der Waals surface area contributed by atoms with Gasteiger partial charge in [-0.1, -0.05) is 30.3 Å². The molecule has 1 unspecified atom stereocenters. The maximum absolute atomic E-state index is 11.7. The molecular weight excluding hydrogens is 348 g/mol. The Bertz CT molecular complexity index is 575. The molecule has 150 valence electrons. The van der Waals surface area contributed by atoms with Gasteiger partial charge in [-0.2, -0.15) is 0 Å². The highest BCUT2D eigenvalue weighted by molar-refractivity contribution is 5.88. The number of rotatable bonds is 6. The van der Waals surface area contributed by atoms with Crippen molar-refractivity contribution in [2.45, 2.75) is 38.3 Å². The summed E-state index contributed by atoms with van der Waals surface area (Å²) in [4.78, 5) is 35.3. The minimum atomic E-state index is -0.287. The Kier molecular flexibility index (Phi) is 11.0.